The van der Waals surface area contributed by atoms with Gasteiger partial charge in [0, 0.05) is 24.4 Å². The van der Waals surface area contributed by atoms with Crippen molar-refractivity contribution in [2.75, 3.05) is 13.1 Å². The summed E-state index contributed by atoms with van der Waals surface area (Å²) in [5.74, 6) is 0.113. The van der Waals surface area contributed by atoms with Crippen LogP contribution in [-0.2, 0) is 4.79 Å². The molecule has 0 fully saturated rings. The second-order valence-electron chi connectivity index (χ2n) is 4.30. The van der Waals surface area contributed by atoms with Gasteiger partial charge >= 0.3 is 0 Å². The zero-order valence-corrected chi connectivity index (χ0v) is 10.2. The van der Waals surface area contributed by atoms with E-state index in [4.69, 9.17) is 5.53 Å². The maximum Gasteiger partial charge on any atom is 0.224 e. The Labute approximate surface area is 102 Å². The Kier molecular flexibility index (Phi) is 6.91. The summed E-state index contributed by atoms with van der Waals surface area (Å²) in [7, 11) is 0. The Morgan fingerprint density at radius 3 is 3.06 bits per heavy atom. The molecule has 94 valence electrons. The Balaban J connectivity index is 2.04. The Hall–Kier alpha value is -1.48. The molecule has 0 spiro atoms. The number of nitrogens with one attached hydrogen (secondary N) is 1. The molecule has 0 aromatic heterocycles. The largest absolute Gasteiger partial charge is 0.356 e. The van der Waals surface area contributed by atoms with Gasteiger partial charge in [-0.25, -0.2) is 0 Å². The molecule has 0 radical (unpaired) electrons. The Morgan fingerprint density at radius 2 is 2.35 bits per heavy atom. The molecule has 1 amide bonds. The minimum Gasteiger partial charge on any atom is -0.356 e. The molecule has 0 unspecified atom stereocenters. The maximum atomic E-state index is 11.6. The zero-order valence-electron chi connectivity index (χ0n) is 10.2. The summed E-state index contributed by atoms with van der Waals surface area (Å²) >= 11 is 0. The summed E-state index contributed by atoms with van der Waals surface area (Å²) in [6, 6.07) is 0. The highest BCUT2D eigenvalue weighted by atomic mass is 16.1. The highest BCUT2D eigenvalue weighted by molar-refractivity contribution is 5.78. The van der Waals surface area contributed by atoms with Gasteiger partial charge in [0.1, 0.15) is 0 Å². The van der Waals surface area contributed by atoms with Crippen LogP contribution in [0.25, 0.3) is 10.4 Å². The second kappa shape index (κ2) is 8.65. The van der Waals surface area contributed by atoms with E-state index in [0.717, 1.165) is 25.7 Å². The van der Waals surface area contributed by atoms with E-state index in [1.165, 1.54) is 18.4 Å². The molecule has 1 rings (SSSR count). The fourth-order valence-corrected chi connectivity index (χ4v) is 1.91. The van der Waals surface area contributed by atoms with Crippen LogP contribution in [0.4, 0.5) is 0 Å². The van der Waals surface area contributed by atoms with Gasteiger partial charge in [-0.1, -0.05) is 16.8 Å². The van der Waals surface area contributed by atoms with Crippen molar-refractivity contribution in [2.45, 2.75) is 44.9 Å². The van der Waals surface area contributed by atoms with E-state index in [0.29, 0.717) is 19.5 Å². The monoisotopic (exact) mass is 236 g/mol. The topological polar surface area (TPSA) is 77.9 Å². The lowest BCUT2D eigenvalue weighted by Gasteiger charge is -2.12. The number of rotatable bonds is 7. The molecule has 0 bridgehead atoms. The van der Waals surface area contributed by atoms with Crippen molar-refractivity contribution in [3.63, 3.8) is 0 Å². The number of azide groups is 1. The van der Waals surface area contributed by atoms with Crippen molar-refractivity contribution < 1.29 is 4.79 Å². The summed E-state index contributed by atoms with van der Waals surface area (Å²) in [5, 5.41) is 6.33. The summed E-state index contributed by atoms with van der Waals surface area (Å²) in [4.78, 5) is 14.2. The number of hydrogen-bond acceptors (Lipinski definition) is 2. The van der Waals surface area contributed by atoms with E-state index in [1.807, 2.05) is 0 Å². The lowest BCUT2D eigenvalue weighted by molar-refractivity contribution is -0.120. The second-order valence-corrected chi connectivity index (χ2v) is 4.30. The molecule has 0 aromatic carbocycles. The molecule has 0 atom stereocenters. The minimum atomic E-state index is 0.113. The Bertz CT molecular complexity index is 318. The van der Waals surface area contributed by atoms with E-state index in [-0.39, 0.29) is 5.91 Å². The highest BCUT2D eigenvalue weighted by Gasteiger charge is 2.08. The van der Waals surface area contributed by atoms with Gasteiger partial charge in [-0.15, -0.1) is 0 Å². The van der Waals surface area contributed by atoms with E-state index in [1.54, 1.807) is 0 Å². The molecular weight excluding hydrogens is 216 g/mol. The zero-order chi connectivity index (χ0) is 12.3. The van der Waals surface area contributed by atoms with E-state index in [9.17, 15) is 4.79 Å². The first-order valence-corrected chi connectivity index (χ1v) is 6.28. The van der Waals surface area contributed by atoms with Crippen molar-refractivity contribution in [1.82, 2.24) is 5.32 Å². The molecule has 0 saturated heterocycles. The molecule has 5 nitrogen and oxygen atoms in total. The van der Waals surface area contributed by atoms with Crippen LogP contribution in [0.1, 0.15) is 44.9 Å². The van der Waals surface area contributed by atoms with E-state index >= 15 is 0 Å². The number of carbonyl (C=O) groups is 1. The molecule has 1 N–H and O–H groups in total. The van der Waals surface area contributed by atoms with Crippen LogP contribution in [0, 0.1) is 0 Å². The third-order valence-corrected chi connectivity index (χ3v) is 2.84. The van der Waals surface area contributed by atoms with Crippen molar-refractivity contribution in [1.29, 1.82) is 0 Å². The molecule has 0 aromatic rings. The fraction of sp³-hybridized carbons (Fsp3) is 0.750. The summed E-state index contributed by atoms with van der Waals surface area (Å²) in [5.41, 5.74) is 9.36. The standard InChI is InChI=1S/C12H20N4O/c13-16-15-9-5-4-8-14-12(17)10-11-6-2-1-3-7-11/h6H,1-5,7-10H2,(H,14,17). The van der Waals surface area contributed by atoms with Gasteiger partial charge < -0.3 is 5.32 Å². The van der Waals surface area contributed by atoms with E-state index in [2.05, 4.69) is 21.4 Å². The third kappa shape index (κ3) is 6.64. The number of carbonyl (C=O) groups excluding carboxylic acids is 1. The number of nitrogens with zero attached hydrogens (tertiary/aromatic N) is 3. The van der Waals surface area contributed by atoms with Crippen molar-refractivity contribution in [3.05, 3.63) is 22.1 Å². The summed E-state index contributed by atoms with van der Waals surface area (Å²) in [6.45, 7) is 1.19. The molecule has 0 aliphatic heterocycles. The van der Waals surface area contributed by atoms with Crippen molar-refractivity contribution in [3.8, 4) is 0 Å². The molecule has 1 aliphatic rings. The summed E-state index contributed by atoms with van der Waals surface area (Å²) in [6.07, 6.45) is 9.10. The van der Waals surface area contributed by atoms with Crippen LogP contribution in [0.2, 0.25) is 0 Å². The molecule has 1 aliphatic carbocycles. The number of amides is 1. The quantitative estimate of drug-likeness (QED) is 0.238. The van der Waals surface area contributed by atoms with Gasteiger partial charge in [0.2, 0.25) is 5.91 Å². The molecular formula is C12H20N4O. The van der Waals surface area contributed by atoms with Gasteiger partial charge in [0.25, 0.3) is 0 Å². The molecule has 17 heavy (non-hydrogen) atoms. The van der Waals surface area contributed by atoms with Gasteiger partial charge in [0.15, 0.2) is 0 Å². The first-order chi connectivity index (χ1) is 8.33. The predicted octanol–water partition coefficient (Wildman–Crippen LogP) is 3.08. The van der Waals surface area contributed by atoms with Gasteiger partial charge in [0.05, 0.1) is 0 Å². The normalized spacial score (nSPS) is 14.7. The first kappa shape index (κ1) is 13.6. The van der Waals surface area contributed by atoms with Crippen molar-refractivity contribution >= 4 is 5.91 Å². The fourth-order valence-electron chi connectivity index (χ4n) is 1.91. The van der Waals surface area contributed by atoms with E-state index < -0.39 is 0 Å². The number of unbranched alkanes of at least 4 members (excludes halogenated alkanes) is 1. The maximum absolute atomic E-state index is 11.6. The lowest BCUT2D eigenvalue weighted by atomic mass is 9.97. The van der Waals surface area contributed by atoms with Crippen LogP contribution in [0.15, 0.2) is 16.8 Å². The van der Waals surface area contributed by atoms with Crippen LogP contribution in [-0.4, -0.2) is 19.0 Å². The van der Waals surface area contributed by atoms with Gasteiger partial charge in [-0.05, 0) is 44.1 Å². The van der Waals surface area contributed by atoms with Crippen LogP contribution in [0.3, 0.4) is 0 Å². The van der Waals surface area contributed by atoms with Gasteiger partial charge in [-0.3, -0.25) is 4.79 Å². The Morgan fingerprint density at radius 1 is 1.47 bits per heavy atom. The average molecular weight is 236 g/mol. The highest BCUT2D eigenvalue weighted by Crippen LogP contribution is 2.19. The van der Waals surface area contributed by atoms with Crippen LogP contribution < -0.4 is 5.32 Å². The number of allylic oxidation sites excluding steroid dienone is 1. The minimum absolute atomic E-state index is 0.113. The van der Waals surface area contributed by atoms with Gasteiger partial charge in [-0.2, -0.15) is 0 Å². The van der Waals surface area contributed by atoms with Crippen LogP contribution >= 0.6 is 0 Å². The number of hydrogen-bond donors (Lipinski definition) is 1. The lowest BCUT2D eigenvalue weighted by Crippen LogP contribution is -2.24. The average Bonchev–Trinajstić information content (AvgIpc) is 2.35. The molecule has 5 heteroatoms. The SMILES string of the molecule is [N-]=[N+]=NCCCCNC(=O)CC1=CCCCC1. The van der Waals surface area contributed by atoms with Crippen LogP contribution in [0.5, 0.6) is 0 Å². The summed E-state index contributed by atoms with van der Waals surface area (Å²) < 4.78 is 0. The predicted molar refractivity (Wildman–Crippen MR) is 67.4 cm³/mol. The molecule has 0 heterocycles. The molecule has 0 saturated carbocycles. The first-order valence-electron chi connectivity index (χ1n) is 6.28. The van der Waals surface area contributed by atoms with Crippen molar-refractivity contribution in [2.24, 2.45) is 5.11 Å². The third-order valence-electron chi connectivity index (χ3n) is 2.84. The smallest absolute Gasteiger partial charge is 0.224 e.